The van der Waals surface area contributed by atoms with Crippen molar-refractivity contribution in [3.8, 4) is 0 Å². The van der Waals surface area contributed by atoms with Crippen molar-refractivity contribution in [1.82, 2.24) is 10.3 Å². The number of aliphatic carboxylic acids is 1. The molecule has 4 aromatic rings. The summed E-state index contributed by atoms with van der Waals surface area (Å²) in [4.78, 5) is 15.8. The molecule has 35 heavy (non-hydrogen) atoms. The van der Waals surface area contributed by atoms with Gasteiger partial charge >= 0.3 is 5.97 Å². The number of nitrogens with one attached hydrogen (secondary N) is 1. The van der Waals surface area contributed by atoms with Gasteiger partial charge in [0.15, 0.2) is 0 Å². The molecule has 0 fully saturated rings. The molecule has 5 nitrogen and oxygen atoms in total. The Balaban J connectivity index is 1.44. The molecule has 0 aliphatic carbocycles. The molecule has 0 saturated carbocycles. The van der Waals surface area contributed by atoms with Crippen LogP contribution in [0.25, 0.3) is 10.8 Å². The zero-order chi connectivity index (χ0) is 25.0. The number of carboxylic acid groups (broad SMARTS) is 1. The van der Waals surface area contributed by atoms with Gasteiger partial charge in [-0.15, -0.1) is 0 Å². The molecule has 3 aromatic carbocycles. The van der Waals surface area contributed by atoms with Crippen LogP contribution in [0.5, 0.6) is 0 Å². The lowest BCUT2D eigenvalue weighted by Gasteiger charge is -2.27. The summed E-state index contributed by atoms with van der Waals surface area (Å²) < 4.78 is 0. The average molecular weight is 489 g/mol. The van der Waals surface area contributed by atoms with Gasteiger partial charge in [0, 0.05) is 35.0 Å². The van der Waals surface area contributed by atoms with E-state index in [4.69, 9.17) is 11.6 Å². The number of carboxylic acids is 1. The Kier molecular flexibility index (Phi) is 7.51. The molecule has 0 saturated heterocycles. The number of aliphatic hydroxyl groups is 1. The van der Waals surface area contributed by atoms with E-state index in [1.807, 2.05) is 72.8 Å². The summed E-state index contributed by atoms with van der Waals surface area (Å²) >= 11 is 6.01. The number of nitrogens with zero attached hydrogens (tertiary/aromatic N) is 1. The summed E-state index contributed by atoms with van der Waals surface area (Å²) in [6.45, 7) is 4.84. The molecule has 3 N–H and O–H groups in total. The first-order valence-electron chi connectivity index (χ1n) is 11.6. The maximum absolute atomic E-state index is 11.2. The third-order valence-electron chi connectivity index (χ3n) is 6.33. The number of pyridine rings is 1. The van der Waals surface area contributed by atoms with Crippen molar-refractivity contribution >= 4 is 28.3 Å². The van der Waals surface area contributed by atoms with Gasteiger partial charge < -0.3 is 10.2 Å². The highest BCUT2D eigenvalue weighted by Gasteiger charge is 2.22. The van der Waals surface area contributed by atoms with E-state index in [0.717, 1.165) is 33.2 Å². The van der Waals surface area contributed by atoms with Crippen LogP contribution in [0.15, 0.2) is 79.0 Å². The fraction of sp³-hybridized carbons (Fsp3) is 0.241. The number of hydrogen-bond acceptors (Lipinski definition) is 4. The lowest BCUT2D eigenvalue weighted by Crippen LogP contribution is -2.35. The number of aliphatic hydroxyl groups excluding tert-OH is 1. The summed E-state index contributed by atoms with van der Waals surface area (Å²) in [6.07, 6.45) is 1.43. The number of fused-ring (bicyclic) bond motifs is 1. The molecule has 0 amide bonds. The van der Waals surface area contributed by atoms with Crippen molar-refractivity contribution in [1.29, 1.82) is 0 Å². The molecule has 4 rings (SSSR count). The Labute approximate surface area is 210 Å². The molecule has 1 heterocycles. The highest BCUT2D eigenvalue weighted by molar-refractivity contribution is 6.30. The molecular weight excluding hydrogens is 460 g/mol. The quantitative estimate of drug-likeness (QED) is 0.265. The molecule has 0 aliphatic rings. The van der Waals surface area contributed by atoms with Gasteiger partial charge in [0.05, 0.1) is 12.1 Å². The van der Waals surface area contributed by atoms with Gasteiger partial charge in [0.1, 0.15) is 6.23 Å². The topological polar surface area (TPSA) is 82.5 Å². The predicted molar refractivity (Wildman–Crippen MR) is 140 cm³/mol. The third kappa shape index (κ3) is 6.06. The Hall–Kier alpha value is -3.25. The van der Waals surface area contributed by atoms with Crippen molar-refractivity contribution in [3.63, 3.8) is 0 Å². The van der Waals surface area contributed by atoms with Crippen LogP contribution in [0, 0.1) is 0 Å². The fourth-order valence-corrected chi connectivity index (χ4v) is 4.36. The molecule has 1 unspecified atom stereocenters. The van der Waals surface area contributed by atoms with E-state index >= 15 is 0 Å². The van der Waals surface area contributed by atoms with Crippen LogP contribution in [0.2, 0.25) is 5.02 Å². The highest BCUT2D eigenvalue weighted by Crippen LogP contribution is 2.26. The minimum absolute atomic E-state index is 0.0534. The van der Waals surface area contributed by atoms with Gasteiger partial charge in [-0.1, -0.05) is 86.1 Å². The number of aromatic nitrogens is 1. The van der Waals surface area contributed by atoms with Crippen molar-refractivity contribution in [3.05, 3.63) is 112 Å². The number of halogens is 1. The van der Waals surface area contributed by atoms with Crippen LogP contribution in [0.4, 0.5) is 0 Å². The van der Waals surface area contributed by atoms with E-state index < -0.39 is 12.2 Å². The molecule has 0 bridgehead atoms. The second-order valence-corrected chi connectivity index (χ2v) is 9.88. The summed E-state index contributed by atoms with van der Waals surface area (Å²) in [6, 6.07) is 23.4. The van der Waals surface area contributed by atoms with Gasteiger partial charge in [-0.3, -0.25) is 15.1 Å². The van der Waals surface area contributed by atoms with E-state index in [-0.39, 0.29) is 11.8 Å². The molecule has 0 aliphatic heterocycles. The number of benzene rings is 3. The minimum atomic E-state index is -0.871. The van der Waals surface area contributed by atoms with Crippen LogP contribution in [0.1, 0.15) is 48.0 Å². The first-order chi connectivity index (χ1) is 16.7. The van der Waals surface area contributed by atoms with Crippen molar-refractivity contribution in [2.24, 2.45) is 0 Å². The van der Waals surface area contributed by atoms with Gasteiger partial charge in [-0.2, -0.15) is 0 Å². The summed E-state index contributed by atoms with van der Waals surface area (Å²) in [5.41, 5.74) is 4.42. The number of hydrogen-bond donors (Lipinski definition) is 3. The lowest BCUT2D eigenvalue weighted by atomic mass is 9.84. The Morgan fingerprint density at radius 1 is 1.00 bits per heavy atom. The Morgan fingerprint density at radius 2 is 1.66 bits per heavy atom. The zero-order valence-electron chi connectivity index (χ0n) is 19.8. The van der Waals surface area contributed by atoms with Gasteiger partial charge in [0.2, 0.25) is 0 Å². The highest BCUT2D eigenvalue weighted by atomic mass is 35.5. The third-order valence-corrected chi connectivity index (χ3v) is 6.58. The van der Waals surface area contributed by atoms with Gasteiger partial charge in [0.25, 0.3) is 0 Å². The van der Waals surface area contributed by atoms with Crippen LogP contribution >= 0.6 is 11.6 Å². The molecule has 6 heteroatoms. The normalized spacial score (nSPS) is 12.6. The van der Waals surface area contributed by atoms with Crippen molar-refractivity contribution < 1.29 is 15.0 Å². The van der Waals surface area contributed by atoms with Gasteiger partial charge in [-0.05, 0) is 39.8 Å². The summed E-state index contributed by atoms with van der Waals surface area (Å²) in [5, 5.41) is 25.7. The number of rotatable bonds is 9. The van der Waals surface area contributed by atoms with E-state index in [1.54, 1.807) is 6.20 Å². The minimum Gasteiger partial charge on any atom is -0.481 e. The molecule has 0 spiro atoms. The van der Waals surface area contributed by atoms with E-state index in [0.29, 0.717) is 23.6 Å². The van der Waals surface area contributed by atoms with E-state index in [9.17, 15) is 15.0 Å². The van der Waals surface area contributed by atoms with E-state index in [2.05, 4.69) is 24.1 Å². The molecule has 180 valence electrons. The Morgan fingerprint density at radius 3 is 2.31 bits per heavy atom. The Bertz CT molecular complexity index is 1320. The van der Waals surface area contributed by atoms with Gasteiger partial charge in [-0.25, -0.2) is 0 Å². The maximum atomic E-state index is 11.2. The number of carbonyl (C=O) groups is 1. The first-order valence-corrected chi connectivity index (χ1v) is 11.9. The second-order valence-electron chi connectivity index (χ2n) is 9.44. The lowest BCUT2D eigenvalue weighted by molar-refractivity contribution is -0.136. The first kappa shape index (κ1) is 24.9. The maximum Gasteiger partial charge on any atom is 0.307 e. The smallest absolute Gasteiger partial charge is 0.307 e. The van der Waals surface area contributed by atoms with Crippen LogP contribution in [-0.4, -0.2) is 27.7 Å². The largest absolute Gasteiger partial charge is 0.481 e. The van der Waals surface area contributed by atoms with Crippen molar-refractivity contribution in [2.75, 3.05) is 6.54 Å². The van der Waals surface area contributed by atoms with Crippen LogP contribution < -0.4 is 5.32 Å². The second kappa shape index (κ2) is 10.6. The average Bonchev–Trinajstić information content (AvgIpc) is 2.84. The zero-order valence-corrected chi connectivity index (χ0v) is 20.6. The predicted octanol–water partition coefficient (Wildman–Crippen LogP) is 5.66. The van der Waals surface area contributed by atoms with Crippen LogP contribution in [-0.2, 0) is 23.1 Å². The van der Waals surface area contributed by atoms with E-state index in [1.165, 1.54) is 0 Å². The molecule has 1 atom stereocenters. The standard InChI is InChI=1S/C29H29ClN2O3/c1-29(2,22-11-13-23(30)14-12-22)18-32-28(35)20-9-7-19(8-10-20)15-26-25-6-4-3-5-24(25)21(17-31-26)16-27(33)34/h3-14,17,28,32,35H,15-16,18H2,1-2H3,(H,33,34). The van der Waals surface area contributed by atoms with Crippen LogP contribution in [0.3, 0.4) is 0 Å². The monoisotopic (exact) mass is 488 g/mol. The van der Waals surface area contributed by atoms with Crippen molar-refractivity contribution in [2.45, 2.75) is 38.3 Å². The molecular formula is C29H29ClN2O3. The molecule has 1 aromatic heterocycles. The summed E-state index contributed by atoms with van der Waals surface area (Å²) in [7, 11) is 0. The molecule has 0 radical (unpaired) electrons. The fourth-order valence-electron chi connectivity index (χ4n) is 4.24. The summed E-state index contributed by atoms with van der Waals surface area (Å²) in [5.74, 6) is -0.871. The SMILES string of the molecule is CC(C)(CNC(O)c1ccc(Cc2ncc(CC(=O)O)c3ccccc23)cc1)c1ccc(Cl)cc1.